The van der Waals surface area contributed by atoms with Gasteiger partial charge in [-0.1, -0.05) is 6.07 Å². The monoisotopic (exact) mass is 509 g/mol. The highest BCUT2D eigenvalue weighted by Gasteiger charge is 2.40. The molecule has 194 valence electrons. The SMILES string of the molecule is COc1ccc(-c2ccc3c(Nc4cc(C)[nH]n4)nc(NC4C[C@H]5CC[C@@H](C4)N5CCC#N)nc3c2)cn1. The van der Waals surface area contributed by atoms with Crippen molar-refractivity contribution in [1.82, 2.24) is 30.0 Å². The second-order valence-corrected chi connectivity index (χ2v) is 10.1. The maximum Gasteiger partial charge on any atom is 0.225 e. The standard InChI is InChI=1S/C28H31N9O/c1-17-12-25(36-35-17)33-27-23-8-4-18(19-5-9-26(38-2)30-16-19)13-24(23)32-28(34-27)31-20-14-21-6-7-22(15-20)37(21)11-3-10-29/h4-5,8-9,12-13,16,20-22H,3,6-7,11,14-15H2,1-2H3,(H3,31,32,33,34,35,36)/t20?,21-,22+. The number of piperidine rings is 1. The smallest absolute Gasteiger partial charge is 0.225 e. The first-order chi connectivity index (χ1) is 18.6. The van der Waals surface area contributed by atoms with Crippen LogP contribution in [-0.4, -0.2) is 61.8 Å². The van der Waals surface area contributed by atoms with Gasteiger partial charge in [0.2, 0.25) is 11.8 Å². The predicted molar refractivity (Wildman–Crippen MR) is 146 cm³/mol. The second kappa shape index (κ2) is 10.3. The van der Waals surface area contributed by atoms with E-state index in [1.54, 1.807) is 7.11 Å². The summed E-state index contributed by atoms with van der Waals surface area (Å²) < 4.78 is 5.21. The van der Waals surface area contributed by atoms with Gasteiger partial charge in [0.1, 0.15) is 5.82 Å². The summed E-state index contributed by atoms with van der Waals surface area (Å²) in [6.45, 7) is 2.83. The lowest BCUT2D eigenvalue weighted by molar-refractivity contribution is 0.135. The quantitative estimate of drug-likeness (QED) is 0.307. The minimum absolute atomic E-state index is 0.290. The second-order valence-electron chi connectivity index (χ2n) is 10.1. The maximum absolute atomic E-state index is 9.05. The number of hydrogen-bond donors (Lipinski definition) is 3. The summed E-state index contributed by atoms with van der Waals surface area (Å²) >= 11 is 0. The number of aryl methyl sites for hydroxylation is 1. The van der Waals surface area contributed by atoms with Crippen molar-refractivity contribution in [3.05, 3.63) is 48.3 Å². The molecule has 2 aliphatic rings. The number of anilines is 3. The largest absolute Gasteiger partial charge is 0.481 e. The number of nitriles is 1. The van der Waals surface area contributed by atoms with Gasteiger partial charge in [-0.2, -0.15) is 15.3 Å². The van der Waals surface area contributed by atoms with Crippen LogP contribution in [0.2, 0.25) is 0 Å². The molecule has 0 spiro atoms. The van der Waals surface area contributed by atoms with Crippen molar-refractivity contribution in [1.29, 1.82) is 5.26 Å². The maximum atomic E-state index is 9.05. The number of aromatic nitrogens is 5. The van der Waals surface area contributed by atoms with Crippen molar-refractivity contribution in [2.24, 2.45) is 0 Å². The van der Waals surface area contributed by atoms with E-state index in [-0.39, 0.29) is 6.04 Å². The summed E-state index contributed by atoms with van der Waals surface area (Å²) in [5.41, 5.74) is 3.81. The zero-order valence-electron chi connectivity index (χ0n) is 21.6. The third kappa shape index (κ3) is 4.85. The Morgan fingerprint density at radius 3 is 2.61 bits per heavy atom. The molecule has 2 aliphatic heterocycles. The Bertz CT molecular complexity index is 1460. The van der Waals surface area contributed by atoms with Gasteiger partial charge in [-0.3, -0.25) is 10.00 Å². The average Bonchev–Trinajstić information content (AvgIpc) is 3.45. The van der Waals surface area contributed by atoms with Crippen LogP contribution in [0.25, 0.3) is 22.0 Å². The van der Waals surface area contributed by atoms with Gasteiger partial charge in [0.25, 0.3) is 0 Å². The molecule has 0 radical (unpaired) electrons. The third-order valence-electron chi connectivity index (χ3n) is 7.63. The molecule has 4 aromatic rings. The zero-order valence-corrected chi connectivity index (χ0v) is 21.6. The number of H-pyrrole nitrogens is 1. The first kappa shape index (κ1) is 24.1. The number of ether oxygens (including phenoxy) is 1. The molecular formula is C28H31N9O. The van der Waals surface area contributed by atoms with Crippen LogP contribution in [0, 0.1) is 18.3 Å². The van der Waals surface area contributed by atoms with Gasteiger partial charge in [0.05, 0.1) is 18.7 Å². The molecule has 0 saturated carbocycles. The van der Waals surface area contributed by atoms with E-state index in [1.807, 2.05) is 37.4 Å². The van der Waals surface area contributed by atoms with E-state index in [1.165, 1.54) is 12.8 Å². The summed E-state index contributed by atoms with van der Waals surface area (Å²) in [7, 11) is 1.61. The molecule has 6 rings (SSSR count). The highest BCUT2D eigenvalue weighted by atomic mass is 16.5. The van der Waals surface area contributed by atoms with Crippen LogP contribution in [0.15, 0.2) is 42.6 Å². The average molecular weight is 510 g/mol. The fraction of sp³-hybridized carbons (Fsp3) is 0.393. The van der Waals surface area contributed by atoms with Crippen molar-refractivity contribution in [3.8, 4) is 23.1 Å². The Kier molecular flexibility index (Phi) is 6.52. The molecule has 0 aliphatic carbocycles. The Balaban J connectivity index is 1.31. The van der Waals surface area contributed by atoms with E-state index in [9.17, 15) is 0 Å². The molecule has 1 aromatic carbocycles. The van der Waals surface area contributed by atoms with Crippen molar-refractivity contribution < 1.29 is 4.74 Å². The molecule has 2 fully saturated rings. The summed E-state index contributed by atoms with van der Waals surface area (Å²) in [6, 6.07) is 15.6. The number of fused-ring (bicyclic) bond motifs is 3. The van der Waals surface area contributed by atoms with E-state index in [2.05, 4.69) is 48.9 Å². The van der Waals surface area contributed by atoms with Crippen LogP contribution in [0.4, 0.5) is 17.6 Å². The Morgan fingerprint density at radius 1 is 1.11 bits per heavy atom. The fourth-order valence-corrected chi connectivity index (χ4v) is 5.86. The lowest BCUT2D eigenvalue weighted by Gasteiger charge is -2.38. The van der Waals surface area contributed by atoms with Gasteiger partial charge in [0, 0.05) is 66.1 Å². The number of benzene rings is 1. The molecule has 10 heteroatoms. The van der Waals surface area contributed by atoms with E-state index in [0.717, 1.165) is 47.1 Å². The molecule has 1 unspecified atom stereocenters. The number of pyridine rings is 1. The van der Waals surface area contributed by atoms with Crippen LogP contribution < -0.4 is 15.4 Å². The molecular weight excluding hydrogens is 478 g/mol. The molecule has 3 atom stereocenters. The van der Waals surface area contributed by atoms with Crippen LogP contribution in [-0.2, 0) is 0 Å². The lowest BCUT2D eigenvalue weighted by Crippen LogP contribution is -2.47. The highest BCUT2D eigenvalue weighted by molar-refractivity contribution is 5.94. The van der Waals surface area contributed by atoms with Gasteiger partial charge < -0.3 is 15.4 Å². The van der Waals surface area contributed by atoms with Gasteiger partial charge in [-0.05, 0) is 56.4 Å². The van der Waals surface area contributed by atoms with Gasteiger partial charge in [-0.25, -0.2) is 9.97 Å². The first-order valence-electron chi connectivity index (χ1n) is 13.1. The summed E-state index contributed by atoms with van der Waals surface area (Å²) in [5, 5.41) is 24.3. The number of methoxy groups -OCH3 is 1. The molecule has 0 amide bonds. The predicted octanol–water partition coefficient (Wildman–Crippen LogP) is 4.80. The van der Waals surface area contributed by atoms with Crippen LogP contribution >= 0.6 is 0 Å². The van der Waals surface area contributed by atoms with Crippen LogP contribution in [0.5, 0.6) is 5.88 Å². The molecule has 3 N–H and O–H groups in total. The molecule has 38 heavy (non-hydrogen) atoms. The summed E-state index contributed by atoms with van der Waals surface area (Å²) in [6.07, 6.45) is 6.84. The fourth-order valence-electron chi connectivity index (χ4n) is 5.86. The Hall–Kier alpha value is -4.23. The molecule has 5 heterocycles. The van der Waals surface area contributed by atoms with Crippen LogP contribution in [0.1, 0.15) is 37.8 Å². The normalized spacial score (nSPS) is 20.8. The number of nitrogens with zero attached hydrogens (tertiary/aromatic N) is 6. The minimum Gasteiger partial charge on any atom is -0.481 e. The Morgan fingerprint density at radius 2 is 1.92 bits per heavy atom. The molecule has 2 bridgehead atoms. The molecule has 2 saturated heterocycles. The number of rotatable bonds is 8. The van der Waals surface area contributed by atoms with Crippen molar-refractivity contribution >= 4 is 28.5 Å². The highest BCUT2D eigenvalue weighted by Crippen LogP contribution is 2.37. The topological polar surface area (TPSA) is 128 Å². The van der Waals surface area contributed by atoms with Gasteiger partial charge in [-0.15, -0.1) is 0 Å². The van der Waals surface area contributed by atoms with E-state index in [0.29, 0.717) is 42.0 Å². The van der Waals surface area contributed by atoms with Crippen molar-refractivity contribution in [2.45, 2.75) is 57.2 Å². The molecule has 10 nitrogen and oxygen atoms in total. The van der Waals surface area contributed by atoms with Gasteiger partial charge >= 0.3 is 0 Å². The first-order valence-corrected chi connectivity index (χ1v) is 13.1. The van der Waals surface area contributed by atoms with E-state index < -0.39 is 0 Å². The van der Waals surface area contributed by atoms with Crippen molar-refractivity contribution in [2.75, 3.05) is 24.3 Å². The summed E-state index contributed by atoms with van der Waals surface area (Å²) in [5.74, 6) is 2.60. The molecule has 3 aromatic heterocycles. The van der Waals surface area contributed by atoms with Crippen LogP contribution in [0.3, 0.4) is 0 Å². The Labute approximate surface area is 221 Å². The summed E-state index contributed by atoms with van der Waals surface area (Å²) in [4.78, 5) is 16.7. The number of aromatic amines is 1. The number of nitrogens with one attached hydrogen (secondary N) is 3. The van der Waals surface area contributed by atoms with Gasteiger partial charge in [0.15, 0.2) is 5.82 Å². The lowest BCUT2D eigenvalue weighted by atomic mass is 9.97. The minimum atomic E-state index is 0.290. The van der Waals surface area contributed by atoms with E-state index in [4.69, 9.17) is 20.0 Å². The zero-order chi connectivity index (χ0) is 26.1. The third-order valence-corrected chi connectivity index (χ3v) is 7.63. The van der Waals surface area contributed by atoms with E-state index >= 15 is 0 Å². The number of hydrogen-bond acceptors (Lipinski definition) is 9. The van der Waals surface area contributed by atoms with Crippen molar-refractivity contribution in [3.63, 3.8) is 0 Å².